The van der Waals surface area contributed by atoms with Crippen LogP contribution in [0, 0.1) is 5.92 Å². The van der Waals surface area contributed by atoms with Crippen molar-refractivity contribution >= 4 is 32.2 Å². The fraction of sp³-hybridized carbons (Fsp3) is 0.500. The maximum atomic E-state index is 12.7. The maximum absolute atomic E-state index is 12.7. The Hall–Kier alpha value is -2.61. The van der Waals surface area contributed by atoms with Gasteiger partial charge in [0.25, 0.3) is 5.56 Å². The number of rotatable bonds is 4. The van der Waals surface area contributed by atoms with Gasteiger partial charge in [0, 0.05) is 11.9 Å². The van der Waals surface area contributed by atoms with Gasteiger partial charge in [-0.1, -0.05) is 26.2 Å². The zero-order valence-electron chi connectivity index (χ0n) is 19.2. The second-order valence-corrected chi connectivity index (χ2v) is 12.5. The standard InChI is InChI=1S/C24H32N4O3S/c1-16-8-6-5-7-9-19(16)28-20-14-15-25-23(29)21(20)22(27-28)26-17-10-12-18(13-11-17)32(30,31)24(2,3)4/h10-16,19H,5-9H2,1-4H3,(H,25,29)(H,26,27)/t16-,19-/m0/s1. The number of sulfone groups is 1. The van der Waals surface area contributed by atoms with Crippen molar-refractivity contribution in [2.24, 2.45) is 5.92 Å². The maximum Gasteiger partial charge on any atom is 0.261 e. The predicted octanol–water partition coefficient (Wildman–Crippen LogP) is 5.18. The minimum Gasteiger partial charge on any atom is -0.338 e. The molecule has 2 aromatic heterocycles. The van der Waals surface area contributed by atoms with Crippen molar-refractivity contribution in [1.82, 2.24) is 14.8 Å². The first-order valence-electron chi connectivity index (χ1n) is 11.3. The Kier molecular flexibility index (Phi) is 5.92. The van der Waals surface area contributed by atoms with E-state index in [9.17, 15) is 13.2 Å². The van der Waals surface area contributed by atoms with Crippen LogP contribution >= 0.6 is 0 Å². The van der Waals surface area contributed by atoms with Crippen LogP contribution in [0.25, 0.3) is 10.9 Å². The molecule has 1 fully saturated rings. The van der Waals surface area contributed by atoms with E-state index < -0.39 is 14.6 Å². The van der Waals surface area contributed by atoms with Gasteiger partial charge in [-0.3, -0.25) is 9.48 Å². The third kappa shape index (κ3) is 4.08. The molecule has 4 rings (SSSR count). The second-order valence-electron chi connectivity index (χ2n) is 9.81. The van der Waals surface area contributed by atoms with Gasteiger partial charge in [-0.15, -0.1) is 0 Å². The number of H-pyrrole nitrogens is 1. The van der Waals surface area contributed by atoms with Gasteiger partial charge in [-0.2, -0.15) is 5.10 Å². The molecule has 1 aliphatic rings. The van der Waals surface area contributed by atoms with E-state index in [1.165, 1.54) is 12.8 Å². The highest BCUT2D eigenvalue weighted by atomic mass is 32.2. The Morgan fingerprint density at radius 1 is 1.06 bits per heavy atom. The summed E-state index contributed by atoms with van der Waals surface area (Å²) in [5.41, 5.74) is 1.31. The van der Waals surface area contributed by atoms with Gasteiger partial charge in [0.1, 0.15) is 5.39 Å². The summed E-state index contributed by atoms with van der Waals surface area (Å²) in [6.45, 7) is 7.33. The monoisotopic (exact) mass is 456 g/mol. The largest absolute Gasteiger partial charge is 0.338 e. The van der Waals surface area contributed by atoms with Gasteiger partial charge in [0.05, 0.1) is 21.2 Å². The number of nitrogens with zero attached hydrogens (tertiary/aromatic N) is 2. The van der Waals surface area contributed by atoms with Crippen LogP contribution in [0.2, 0.25) is 0 Å². The summed E-state index contributed by atoms with van der Waals surface area (Å²) in [7, 11) is -3.43. The fourth-order valence-corrected chi connectivity index (χ4v) is 5.69. The number of benzene rings is 1. The molecule has 1 saturated carbocycles. The molecule has 0 saturated heterocycles. The number of anilines is 2. The van der Waals surface area contributed by atoms with Gasteiger partial charge < -0.3 is 10.3 Å². The van der Waals surface area contributed by atoms with Gasteiger partial charge in [0.2, 0.25) is 0 Å². The van der Waals surface area contributed by atoms with E-state index >= 15 is 0 Å². The third-order valence-electron chi connectivity index (χ3n) is 6.49. The molecule has 2 N–H and O–H groups in total. The van der Waals surface area contributed by atoms with E-state index in [1.807, 2.05) is 10.7 Å². The lowest BCUT2D eigenvalue weighted by molar-refractivity contribution is 0.318. The molecule has 1 aliphatic carbocycles. The van der Waals surface area contributed by atoms with E-state index in [0.717, 1.165) is 24.8 Å². The molecule has 8 heteroatoms. The highest BCUT2D eigenvalue weighted by Gasteiger charge is 2.31. The molecule has 7 nitrogen and oxygen atoms in total. The second kappa shape index (κ2) is 8.39. The van der Waals surface area contributed by atoms with E-state index in [2.05, 4.69) is 17.2 Å². The summed E-state index contributed by atoms with van der Waals surface area (Å²) in [6.07, 6.45) is 7.49. The lowest BCUT2D eigenvalue weighted by atomic mass is 9.97. The third-order valence-corrected chi connectivity index (χ3v) is 9.00. The van der Waals surface area contributed by atoms with Gasteiger partial charge in [0.15, 0.2) is 15.7 Å². The summed E-state index contributed by atoms with van der Waals surface area (Å²) < 4.78 is 26.5. The highest BCUT2D eigenvalue weighted by molar-refractivity contribution is 7.92. The quantitative estimate of drug-likeness (QED) is 0.527. The Balaban J connectivity index is 1.72. The Bertz CT molecular complexity index is 1270. The van der Waals surface area contributed by atoms with E-state index in [4.69, 9.17) is 5.10 Å². The predicted molar refractivity (Wildman–Crippen MR) is 128 cm³/mol. The highest BCUT2D eigenvalue weighted by Crippen LogP contribution is 2.36. The minimum atomic E-state index is -3.43. The molecular weight excluding hydrogens is 424 g/mol. The molecule has 0 aliphatic heterocycles. The van der Waals surface area contributed by atoms with Crippen LogP contribution in [0.4, 0.5) is 11.5 Å². The molecule has 0 radical (unpaired) electrons. The van der Waals surface area contributed by atoms with Crippen LogP contribution in [-0.4, -0.2) is 27.9 Å². The van der Waals surface area contributed by atoms with Crippen molar-refractivity contribution in [2.45, 2.75) is 75.5 Å². The molecule has 3 aromatic rings. The van der Waals surface area contributed by atoms with Crippen LogP contribution in [0.1, 0.15) is 65.8 Å². The number of pyridine rings is 1. The van der Waals surface area contributed by atoms with Crippen LogP contribution in [-0.2, 0) is 9.84 Å². The summed E-state index contributed by atoms with van der Waals surface area (Å²) >= 11 is 0. The molecule has 2 atom stereocenters. The first-order valence-corrected chi connectivity index (χ1v) is 12.8. The fourth-order valence-electron chi connectivity index (χ4n) is 4.48. The van der Waals surface area contributed by atoms with Crippen molar-refractivity contribution in [3.63, 3.8) is 0 Å². The van der Waals surface area contributed by atoms with Crippen molar-refractivity contribution < 1.29 is 8.42 Å². The molecule has 0 amide bonds. The number of aromatic amines is 1. The SMILES string of the molecule is C[C@H]1CCCCC[C@@H]1n1nc(Nc2ccc(S(=O)(=O)C(C)(C)C)cc2)c2c(=O)[nH]ccc21. The van der Waals surface area contributed by atoms with E-state index in [0.29, 0.717) is 22.8 Å². The van der Waals surface area contributed by atoms with Crippen LogP contribution in [0.3, 0.4) is 0 Å². The Labute approximate surface area is 189 Å². The minimum absolute atomic E-state index is 0.190. The molecule has 172 valence electrons. The summed E-state index contributed by atoms with van der Waals surface area (Å²) in [6, 6.07) is 8.78. The Morgan fingerprint density at radius 2 is 1.75 bits per heavy atom. The average Bonchev–Trinajstić information content (AvgIpc) is 2.95. The number of hydrogen-bond donors (Lipinski definition) is 2. The zero-order valence-corrected chi connectivity index (χ0v) is 20.0. The normalized spacial score (nSPS) is 20.2. The zero-order chi connectivity index (χ0) is 23.1. The number of fused-ring (bicyclic) bond motifs is 1. The summed E-state index contributed by atoms with van der Waals surface area (Å²) in [5, 5.41) is 8.61. The number of hydrogen-bond acceptors (Lipinski definition) is 5. The van der Waals surface area contributed by atoms with Crippen LogP contribution in [0.15, 0.2) is 46.2 Å². The van der Waals surface area contributed by atoms with Gasteiger partial charge >= 0.3 is 0 Å². The smallest absolute Gasteiger partial charge is 0.261 e. The Morgan fingerprint density at radius 3 is 2.44 bits per heavy atom. The summed E-state index contributed by atoms with van der Waals surface area (Å²) in [5.74, 6) is 0.972. The first-order chi connectivity index (χ1) is 15.1. The average molecular weight is 457 g/mol. The van der Waals surface area contributed by atoms with E-state index in [-0.39, 0.29) is 16.5 Å². The van der Waals surface area contributed by atoms with Gasteiger partial charge in [-0.25, -0.2) is 8.42 Å². The summed E-state index contributed by atoms with van der Waals surface area (Å²) in [4.78, 5) is 15.7. The number of nitrogens with one attached hydrogen (secondary N) is 2. The van der Waals surface area contributed by atoms with Gasteiger partial charge in [-0.05, 0) is 69.9 Å². The van der Waals surface area contributed by atoms with Crippen molar-refractivity contribution in [3.8, 4) is 0 Å². The van der Waals surface area contributed by atoms with Crippen molar-refractivity contribution in [2.75, 3.05) is 5.32 Å². The first kappa shape index (κ1) is 22.6. The van der Waals surface area contributed by atoms with Crippen LogP contribution < -0.4 is 10.9 Å². The molecular formula is C24H32N4O3S. The molecule has 0 bridgehead atoms. The number of aromatic nitrogens is 3. The van der Waals surface area contributed by atoms with Crippen LogP contribution in [0.5, 0.6) is 0 Å². The molecule has 0 unspecified atom stereocenters. The lowest BCUT2D eigenvalue weighted by Gasteiger charge is -2.22. The molecule has 1 aromatic carbocycles. The molecule has 32 heavy (non-hydrogen) atoms. The molecule has 0 spiro atoms. The molecule has 2 heterocycles. The lowest BCUT2D eigenvalue weighted by Crippen LogP contribution is -2.27. The topological polar surface area (TPSA) is 96.8 Å². The van der Waals surface area contributed by atoms with Crippen molar-refractivity contribution in [1.29, 1.82) is 0 Å². The van der Waals surface area contributed by atoms with Crippen molar-refractivity contribution in [3.05, 3.63) is 46.9 Å². The van der Waals surface area contributed by atoms with E-state index in [1.54, 1.807) is 51.2 Å².